The largest absolute Gasteiger partial charge is 0.461 e. The number of aromatic nitrogens is 1. The number of nitrogens with one attached hydrogen (secondary N) is 1. The molecule has 0 saturated heterocycles. The van der Waals surface area contributed by atoms with Crippen molar-refractivity contribution in [2.75, 3.05) is 0 Å². The van der Waals surface area contributed by atoms with Crippen LogP contribution in [0.15, 0.2) is 144 Å². The molecule has 2 aliphatic heterocycles. The van der Waals surface area contributed by atoms with Crippen molar-refractivity contribution in [2.45, 2.75) is 30.9 Å². The van der Waals surface area contributed by atoms with E-state index in [0.717, 1.165) is 47.6 Å². The molecule has 5 heteroatoms. The van der Waals surface area contributed by atoms with Crippen LogP contribution in [0.25, 0.3) is 16.7 Å². The van der Waals surface area contributed by atoms with Gasteiger partial charge in [0.15, 0.2) is 0 Å². The van der Waals surface area contributed by atoms with Gasteiger partial charge in [0.05, 0.1) is 16.7 Å². The molecule has 0 bridgehead atoms. The zero-order chi connectivity index (χ0) is 28.4. The van der Waals surface area contributed by atoms with Gasteiger partial charge < -0.3 is 9.47 Å². The molecule has 1 aromatic heterocycles. The zero-order valence-electron chi connectivity index (χ0n) is 23.5. The van der Waals surface area contributed by atoms with Crippen molar-refractivity contribution < 1.29 is 9.47 Å². The molecule has 5 nitrogen and oxygen atoms in total. The van der Waals surface area contributed by atoms with Gasteiger partial charge in [-0.15, -0.1) is 5.10 Å². The molecule has 0 radical (unpaired) electrons. The average molecular weight is 560 g/mol. The summed E-state index contributed by atoms with van der Waals surface area (Å²) in [5, 5.41) is 4.43. The molecule has 2 atom stereocenters. The highest BCUT2D eigenvalue weighted by Crippen LogP contribution is 2.63. The molecule has 3 aliphatic carbocycles. The van der Waals surface area contributed by atoms with Gasteiger partial charge in [0.25, 0.3) is 0 Å². The lowest BCUT2D eigenvalue weighted by molar-refractivity contribution is 0.186. The second-order valence-electron chi connectivity index (χ2n) is 11.7. The van der Waals surface area contributed by atoms with Crippen LogP contribution in [0.3, 0.4) is 0 Å². The summed E-state index contributed by atoms with van der Waals surface area (Å²) in [5.41, 5.74) is 13.7. The van der Waals surface area contributed by atoms with Gasteiger partial charge in [0.1, 0.15) is 11.5 Å². The predicted molar refractivity (Wildman–Crippen MR) is 167 cm³/mol. The smallest absolute Gasteiger partial charge is 0.241 e. The third kappa shape index (κ3) is 3.58. The first-order chi connectivity index (χ1) is 21.3. The molecule has 3 aromatic carbocycles. The Morgan fingerprint density at radius 1 is 0.814 bits per heavy atom. The van der Waals surface area contributed by atoms with E-state index in [-0.39, 0.29) is 17.6 Å². The maximum absolute atomic E-state index is 6.76. The molecule has 0 fully saturated rings. The van der Waals surface area contributed by atoms with E-state index < -0.39 is 0 Å². The molecule has 3 heterocycles. The van der Waals surface area contributed by atoms with Gasteiger partial charge >= 0.3 is 0 Å². The van der Waals surface area contributed by atoms with Crippen LogP contribution in [0.5, 0.6) is 0 Å². The summed E-state index contributed by atoms with van der Waals surface area (Å²) >= 11 is 0. The molecule has 4 aromatic rings. The fraction of sp³-hybridized carbons (Fsp3) is 0.158. The van der Waals surface area contributed by atoms with E-state index in [1.54, 1.807) is 0 Å². The molecular weight excluding hydrogens is 530 g/mol. The highest BCUT2D eigenvalue weighted by molar-refractivity contribution is 5.94. The zero-order valence-corrected chi connectivity index (χ0v) is 23.5. The molecule has 5 aliphatic rings. The first kappa shape index (κ1) is 24.4. The molecule has 1 N–H and O–H groups in total. The van der Waals surface area contributed by atoms with Crippen LogP contribution in [-0.4, -0.2) is 10.9 Å². The Morgan fingerprint density at radius 3 is 2.35 bits per heavy atom. The fourth-order valence-electron chi connectivity index (χ4n) is 7.69. The van der Waals surface area contributed by atoms with E-state index in [0.29, 0.717) is 5.90 Å². The van der Waals surface area contributed by atoms with Crippen LogP contribution in [0.2, 0.25) is 0 Å². The summed E-state index contributed by atoms with van der Waals surface area (Å²) in [5.74, 6) is 2.80. The molecule has 0 saturated carbocycles. The first-order valence-corrected chi connectivity index (χ1v) is 15.0. The van der Waals surface area contributed by atoms with Crippen molar-refractivity contribution >= 4 is 11.5 Å². The second-order valence-corrected chi connectivity index (χ2v) is 11.7. The van der Waals surface area contributed by atoms with Gasteiger partial charge in [-0.2, -0.15) is 0 Å². The number of rotatable bonds is 3. The van der Waals surface area contributed by atoms with Crippen LogP contribution in [0.4, 0.5) is 0 Å². The van der Waals surface area contributed by atoms with Gasteiger partial charge in [-0.1, -0.05) is 91.0 Å². The Bertz CT molecular complexity index is 1890. The minimum absolute atomic E-state index is 0.230. The van der Waals surface area contributed by atoms with Crippen LogP contribution < -0.4 is 5.43 Å². The van der Waals surface area contributed by atoms with Gasteiger partial charge in [0, 0.05) is 17.7 Å². The molecule has 2 unspecified atom stereocenters. The van der Waals surface area contributed by atoms with E-state index >= 15 is 0 Å². The van der Waals surface area contributed by atoms with Crippen molar-refractivity contribution in [3.05, 3.63) is 167 Å². The van der Waals surface area contributed by atoms with Crippen molar-refractivity contribution in [3.63, 3.8) is 0 Å². The summed E-state index contributed by atoms with van der Waals surface area (Å²) in [6, 6.07) is 32.1. The number of hydrogen-bond donors (Lipinski definition) is 1. The van der Waals surface area contributed by atoms with Gasteiger partial charge in [-0.3, -0.25) is 10.4 Å². The predicted octanol–water partition coefficient (Wildman–Crippen LogP) is 7.95. The van der Waals surface area contributed by atoms with E-state index in [9.17, 15) is 0 Å². The Hall–Kier alpha value is -5.16. The number of hydrogen-bond acceptors (Lipinski definition) is 5. The van der Waals surface area contributed by atoms with Gasteiger partial charge in [-0.25, -0.2) is 0 Å². The number of hydrazone groups is 1. The Balaban J connectivity index is 1.10. The Labute approximate surface area is 250 Å². The SMILES string of the molecule is C1=CCC2C(=C1)OC1=C(CCC(c3ccc(C4=NNC(c5ccccc5)O4)cn3)=C1)C21c2ccccc2-c2ccccc21. The van der Waals surface area contributed by atoms with E-state index in [2.05, 4.69) is 89.4 Å². The molecule has 0 amide bonds. The normalized spacial score (nSPS) is 22.2. The molecule has 9 rings (SSSR count). The standard InChI is InChI=1S/C38H29N3O2/c1-2-10-24(11-3-1)36-40-41-37(43-36)26-19-21-33(39-23-26)25-18-20-32-35(22-25)42-34-17-9-8-16-31(34)38(32)29-14-6-4-12-27(29)28-13-5-7-15-30(28)38/h1-15,17,19,21-23,31,36,40H,16,18,20H2. The van der Waals surface area contributed by atoms with Crippen molar-refractivity contribution in [1.82, 2.24) is 10.4 Å². The number of fused-ring (bicyclic) bond motifs is 8. The molecule has 43 heavy (non-hydrogen) atoms. The summed E-state index contributed by atoms with van der Waals surface area (Å²) in [6.45, 7) is 0. The molecule has 208 valence electrons. The van der Waals surface area contributed by atoms with E-state index in [1.807, 2.05) is 42.6 Å². The molecule has 1 spiro atoms. The van der Waals surface area contributed by atoms with Crippen molar-refractivity contribution in [1.29, 1.82) is 0 Å². The lowest BCUT2D eigenvalue weighted by Crippen LogP contribution is -2.43. The Kier molecular flexibility index (Phi) is 5.36. The summed E-state index contributed by atoms with van der Waals surface area (Å²) in [4.78, 5) is 4.86. The second kappa shape index (κ2) is 9.43. The highest BCUT2D eigenvalue weighted by atomic mass is 16.5. The monoisotopic (exact) mass is 559 g/mol. The third-order valence-corrected chi connectivity index (χ3v) is 9.53. The van der Waals surface area contributed by atoms with Gasteiger partial charge in [0.2, 0.25) is 12.1 Å². The summed E-state index contributed by atoms with van der Waals surface area (Å²) in [7, 11) is 0. The van der Waals surface area contributed by atoms with Crippen molar-refractivity contribution in [3.8, 4) is 11.1 Å². The lowest BCUT2D eigenvalue weighted by atomic mass is 9.58. The Morgan fingerprint density at radius 2 is 1.58 bits per heavy atom. The van der Waals surface area contributed by atoms with E-state index in [1.165, 1.54) is 33.4 Å². The number of nitrogens with zero attached hydrogens (tertiary/aromatic N) is 2. The fourth-order valence-corrected chi connectivity index (χ4v) is 7.69. The van der Waals surface area contributed by atoms with Gasteiger partial charge in [-0.05, 0) is 76.9 Å². The molecular formula is C38H29N3O2. The summed E-state index contributed by atoms with van der Waals surface area (Å²) in [6.07, 6.45) is 13.2. The number of ether oxygens (including phenoxy) is 2. The summed E-state index contributed by atoms with van der Waals surface area (Å²) < 4.78 is 12.9. The minimum atomic E-state index is -0.295. The highest BCUT2D eigenvalue weighted by Gasteiger charge is 2.56. The number of allylic oxidation sites excluding steroid dienone is 7. The maximum atomic E-state index is 6.76. The lowest BCUT2D eigenvalue weighted by Gasteiger charge is -2.48. The quantitative estimate of drug-likeness (QED) is 0.277. The van der Waals surface area contributed by atoms with Crippen LogP contribution in [-0.2, 0) is 14.9 Å². The number of benzene rings is 3. The first-order valence-electron chi connectivity index (χ1n) is 15.0. The average Bonchev–Trinajstić information content (AvgIpc) is 3.68. The van der Waals surface area contributed by atoms with E-state index in [4.69, 9.17) is 14.5 Å². The van der Waals surface area contributed by atoms with Crippen LogP contribution in [0, 0.1) is 5.92 Å². The van der Waals surface area contributed by atoms with Crippen molar-refractivity contribution in [2.24, 2.45) is 11.0 Å². The number of pyridine rings is 1. The maximum Gasteiger partial charge on any atom is 0.241 e. The topological polar surface area (TPSA) is 55.7 Å². The van der Waals surface area contributed by atoms with Crippen LogP contribution >= 0.6 is 0 Å². The van der Waals surface area contributed by atoms with Crippen LogP contribution in [0.1, 0.15) is 53.4 Å². The minimum Gasteiger partial charge on any atom is -0.461 e. The third-order valence-electron chi connectivity index (χ3n) is 9.53.